The van der Waals surface area contributed by atoms with E-state index in [1.165, 1.54) is 27.0 Å². The third kappa shape index (κ3) is 5.54. The van der Waals surface area contributed by atoms with E-state index in [4.69, 9.17) is 11.6 Å². The molecule has 1 aliphatic rings. The summed E-state index contributed by atoms with van der Waals surface area (Å²) in [5, 5.41) is 7.27. The SMILES string of the molecule is O=C(NCCc1cccs1)C1CCN(Cc2cc3ccccc3n2Cc2ccc(Cl)cc2)CC1. The van der Waals surface area contributed by atoms with Crippen molar-refractivity contribution in [3.63, 3.8) is 0 Å². The molecule has 34 heavy (non-hydrogen) atoms. The zero-order valence-electron chi connectivity index (χ0n) is 19.3. The van der Waals surface area contributed by atoms with Crippen LogP contribution in [0.15, 0.2) is 72.1 Å². The maximum Gasteiger partial charge on any atom is 0.223 e. The number of carbonyl (C=O) groups is 1. The third-order valence-electron chi connectivity index (χ3n) is 6.75. The quantitative estimate of drug-likeness (QED) is 0.329. The van der Waals surface area contributed by atoms with Gasteiger partial charge in [0.05, 0.1) is 0 Å². The average molecular weight is 492 g/mol. The summed E-state index contributed by atoms with van der Waals surface area (Å²) >= 11 is 7.84. The van der Waals surface area contributed by atoms with E-state index < -0.39 is 0 Å². The molecule has 1 N–H and O–H groups in total. The highest BCUT2D eigenvalue weighted by molar-refractivity contribution is 7.09. The predicted molar refractivity (Wildman–Crippen MR) is 142 cm³/mol. The molecule has 6 heteroatoms. The Bertz CT molecular complexity index is 1220. The minimum absolute atomic E-state index is 0.125. The Morgan fingerprint density at radius 2 is 1.79 bits per heavy atom. The van der Waals surface area contributed by atoms with E-state index in [1.54, 1.807) is 11.3 Å². The topological polar surface area (TPSA) is 37.3 Å². The smallest absolute Gasteiger partial charge is 0.223 e. The van der Waals surface area contributed by atoms with Crippen molar-refractivity contribution in [3.8, 4) is 0 Å². The van der Waals surface area contributed by atoms with Crippen LogP contribution < -0.4 is 5.32 Å². The Labute approximate surface area is 210 Å². The zero-order valence-corrected chi connectivity index (χ0v) is 20.8. The van der Waals surface area contributed by atoms with Crippen LogP contribution >= 0.6 is 22.9 Å². The Balaban J connectivity index is 1.20. The predicted octanol–water partition coefficient (Wildman–Crippen LogP) is 5.98. The van der Waals surface area contributed by atoms with Crippen LogP contribution in [0, 0.1) is 5.92 Å². The van der Waals surface area contributed by atoms with Gasteiger partial charge in [0.1, 0.15) is 0 Å². The summed E-state index contributed by atoms with van der Waals surface area (Å²) in [6.45, 7) is 4.35. The summed E-state index contributed by atoms with van der Waals surface area (Å²) < 4.78 is 2.42. The fourth-order valence-electron chi connectivity index (χ4n) is 4.85. The molecule has 1 fully saturated rings. The van der Waals surface area contributed by atoms with Crippen LogP contribution in [0.5, 0.6) is 0 Å². The molecule has 2 aromatic carbocycles. The van der Waals surface area contributed by atoms with Crippen molar-refractivity contribution in [2.24, 2.45) is 5.92 Å². The number of piperidine rings is 1. The average Bonchev–Trinajstić information content (AvgIpc) is 3.49. The molecule has 0 atom stereocenters. The minimum atomic E-state index is 0.125. The fraction of sp³-hybridized carbons (Fsp3) is 0.321. The number of likely N-dealkylation sites (tertiary alicyclic amines) is 1. The molecule has 3 heterocycles. The summed E-state index contributed by atoms with van der Waals surface area (Å²) in [5.41, 5.74) is 3.81. The molecule has 176 valence electrons. The molecule has 1 aliphatic heterocycles. The molecule has 4 nitrogen and oxygen atoms in total. The van der Waals surface area contributed by atoms with Crippen molar-refractivity contribution in [1.82, 2.24) is 14.8 Å². The van der Waals surface area contributed by atoms with Crippen LogP contribution in [0.25, 0.3) is 10.9 Å². The zero-order chi connectivity index (χ0) is 23.3. The Kier molecular flexibility index (Phi) is 7.33. The lowest BCUT2D eigenvalue weighted by Gasteiger charge is -2.31. The first kappa shape index (κ1) is 23.2. The van der Waals surface area contributed by atoms with Gasteiger partial charge < -0.3 is 9.88 Å². The normalized spacial score (nSPS) is 15.1. The van der Waals surface area contributed by atoms with E-state index in [-0.39, 0.29) is 11.8 Å². The van der Waals surface area contributed by atoms with Crippen molar-refractivity contribution in [2.75, 3.05) is 19.6 Å². The number of carbonyl (C=O) groups excluding carboxylic acids is 1. The van der Waals surface area contributed by atoms with Crippen molar-refractivity contribution < 1.29 is 4.79 Å². The molecule has 4 aromatic rings. The van der Waals surface area contributed by atoms with Gasteiger partial charge in [-0.3, -0.25) is 9.69 Å². The van der Waals surface area contributed by atoms with Crippen LogP contribution in [-0.4, -0.2) is 35.0 Å². The Morgan fingerprint density at radius 3 is 2.56 bits per heavy atom. The minimum Gasteiger partial charge on any atom is -0.355 e. The number of benzene rings is 2. The molecule has 0 radical (unpaired) electrons. The number of hydrogen-bond donors (Lipinski definition) is 1. The molecule has 0 spiro atoms. The van der Waals surface area contributed by atoms with Crippen LogP contribution in [0.1, 0.15) is 29.0 Å². The van der Waals surface area contributed by atoms with E-state index in [2.05, 4.69) is 74.8 Å². The molecule has 0 saturated carbocycles. The first-order chi connectivity index (χ1) is 16.7. The van der Waals surface area contributed by atoms with Gasteiger partial charge in [0.15, 0.2) is 0 Å². The van der Waals surface area contributed by atoms with E-state index in [0.717, 1.165) is 57.0 Å². The second-order valence-corrected chi connectivity index (χ2v) is 10.5. The molecule has 0 bridgehead atoms. The van der Waals surface area contributed by atoms with Gasteiger partial charge in [0.25, 0.3) is 0 Å². The second-order valence-electron chi connectivity index (χ2n) is 9.08. The number of aromatic nitrogens is 1. The van der Waals surface area contributed by atoms with Crippen molar-refractivity contribution in [3.05, 3.63) is 93.3 Å². The maximum absolute atomic E-state index is 12.7. The number of thiophene rings is 1. The van der Waals surface area contributed by atoms with Crippen LogP contribution in [-0.2, 0) is 24.3 Å². The van der Waals surface area contributed by atoms with Crippen molar-refractivity contribution in [1.29, 1.82) is 0 Å². The van der Waals surface area contributed by atoms with Crippen LogP contribution in [0.4, 0.5) is 0 Å². The molecule has 1 saturated heterocycles. The first-order valence-electron chi connectivity index (χ1n) is 12.0. The Morgan fingerprint density at radius 1 is 1.00 bits per heavy atom. The lowest BCUT2D eigenvalue weighted by Crippen LogP contribution is -2.40. The number of para-hydroxylation sites is 1. The lowest BCUT2D eigenvalue weighted by atomic mass is 9.95. The van der Waals surface area contributed by atoms with E-state index in [9.17, 15) is 4.79 Å². The number of rotatable bonds is 8. The van der Waals surface area contributed by atoms with E-state index in [0.29, 0.717) is 0 Å². The number of nitrogens with one attached hydrogen (secondary N) is 1. The monoisotopic (exact) mass is 491 g/mol. The van der Waals surface area contributed by atoms with Crippen molar-refractivity contribution >= 4 is 39.7 Å². The molecule has 5 rings (SSSR count). The van der Waals surface area contributed by atoms with E-state index >= 15 is 0 Å². The lowest BCUT2D eigenvalue weighted by molar-refractivity contribution is -0.126. The third-order valence-corrected chi connectivity index (χ3v) is 7.93. The molecular weight excluding hydrogens is 462 g/mol. The first-order valence-corrected chi connectivity index (χ1v) is 13.3. The van der Waals surface area contributed by atoms with Gasteiger partial charge in [0.2, 0.25) is 5.91 Å². The number of amides is 1. The summed E-state index contributed by atoms with van der Waals surface area (Å²) in [7, 11) is 0. The molecule has 0 aliphatic carbocycles. The number of fused-ring (bicyclic) bond motifs is 1. The van der Waals surface area contributed by atoms with Crippen LogP contribution in [0.2, 0.25) is 5.02 Å². The summed E-state index contributed by atoms with van der Waals surface area (Å²) in [4.78, 5) is 16.5. The van der Waals surface area contributed by atoms with Crippen molar-refractivity contribution in [2.45, 2.75) is 32.4 Å². The second kappa shape index (κ2) is 10.8. The summed E-state index contributed by atoms with van der Waals surface area (Å²) in [6.07, 6.45) is 2.75. The van der Waals surface area contributed by atoms with Gasteiger partial charge in [-0.1, -0.05) is 48.0 Å². The van der Waals surface area contributed by atoms with E-state index in [1.807, 2.05) is 12.1 Å². The van der Waals surface area contributed by atoms with Gasteiger partial charge in [-0.2, -0.15) is 0 Å². The maximum atomic E-state index is 12.7. The molecular formula is C28H30ClN3OS. The van der Waals surface area contributed by atoms with Gasteiger partial charge in [0, 0.05) is 46.7 Å². The standard InChI is InChI=1S/C28H30ClN3OS/c29-24-9-7-21(8-10-24)19-32-25(18-23-4-1-2-6-27(23)32)20-31-15-12-22(13-16-31)28(33)30-14-11-26-5-3-17-34-26/h1-10,17-18,22H,11-16,19-20H2,(H,30,33). The number of nitrogens with zero attached hydrogens (tertiary/aromatic N) is 2. The number of hydrogen-bond acceptors (Lipinski definition) is 3. The summed E-state index contributed by atoms with van der Waals surface area (Å²) in [6, 6.07) is 23.2. The van der Waals surface area contributed by atoms with Gasteiger partial charge in [-0.25, -0.2) is 0 Å². The van der Waals surface area contributed by atoms with Gasteiger partial charge in [-0.05, 0) is 79.0 Å². The number of halogens is 1. The van der Waals surface area contributed by atoms with Crippen LogP contribution in [0.3, 0.4) is 0 Å². The Hall–Kier alpha value is -2.60. The summed E-state index contributed by atoms with van der Waals surface area (Å²) in [5.74, 6) is 0.340. The molecule has 2 aromatic heterocycles. The highest BCUT2D eigenvalue weighted by atomic mass is 35.5. The largest absolute Gasteiger partial charge is 0.355 e. The molecule has 1 amide bonds. The highest BCUT2D eigenvalue weighted by Crippen LogP contribution is 2.25. The van der Waals surface area contributed by atoms with Gasteiger partial charge >= 0.3 is 0 Å². The highest BCUT2D eigenvalue weighted by Gasteiger charge is 2.25. The fourth-order valence-corrected chi connectivity index (χ4v) is 5.68. The van der Waals surface area contributed by atoms with Gasteiger partial charge in [-0.15, -0.1) is 11.3 Å². The molecule has 0 unspecified atom stereocenters.